The van der Waals surface area contributed by atoms with Gasteiger partial charge < -0.3 is 15.5 Å². The molecule has 0 bridgehead atoms. The largest absolute Gasteiger partial charge is 0.363 e. The molecule has 0 radical (unpaired) electrons. The Morgan fingerprint density at radius 3 is 2.53 bits per heavy atom. The SMILES string of the molecule is CN=C(NCc1cccc(N(C)C)n1)NCC(c1ccc(Cl)cc1)n1cccn1.I. The summed E-state index contributed by atoms with van der Waals surface area (Å²) in [5.74, 6) is 1.63. The fourth-order valence-corrected chi connectivity index (χ4v) is 3.04. The lowest BCUT2D eigenvalue weighted by atomic mass is 10.1. The van der Waals surface area contributed by atoms with Crippen molar-refractivity contribution in [2.75, 3.05) is 32.6 Å². The Labute approximate surface area is 199 Å². The van der Waals surface area contributed by atoms with Gasteiger partial charge in [0.05, 0.1) is 18.3 Å². The van der Waals surface area contributed by atoms with Crippen molar-refractivity contribution in [1.29, 1.82) is 0 Å². The maximum atomic E-state index is 6.05. The van der Waals surface area contributed by atoms with E-state index in [0.717, 1.165) is 17.1 Å². The highest BCUT2D eigenvalue weighted by atomic mass is 127. The van der Waals surface area contributed by atoms with Gasteiger partial charge in [0, 0.05) is 45.1 Å². The van der Waals surface area contributed by atoms with Gasteiger partial charge in [0.15, 0.2) is 5.96 Å². The average Bonchev–Trinajstić information content (AvgIpc) is 3.26. The number of aromatic nitrogens is 3. The molecule has 1 unspecified atom stereocenters. The van der Waals surface area contributed by atoms with Crippen molar-refractivity contribution in [3.8, 4) is 0 Å². The maximum absolute atomic E-state index is 6.05. The van der Waals surface area contributed by atoms with Crippen molar-refractivity contribution in [3.63, 3.8) is 0 Å². The monoisotopic (exact) mass is 539 g/mol. The molecular weight excluding hydrogens is 513 g/mol. The van der Waals surface area contributed by atoms with Crippen molar-refractivity contribution >= 4 is 47.4 Å². The third-order valence-corrected chi connectivity index (χ3v) is 4.72. The summed E-state index contributed by atoms with van der Waals surface area (Å²) in [7, 11) is 5.71. The molecule has 0 aliphatic carbocycles. The molecule has 2 aromatic heterocycles. The number of halogens is 2. The molecule has 30 heavy (non-hydrogen) atoms. The smallest absolute Gasteiger partial charge is 0.191 e. The second-order valence-electron chi connectivity index (χ2n) is 6.74. The number of hydrogen-bond donors (Lipinski definition) is 2. The van der Waals surface area contributed by atoms with Crippen LogP contribution in [-0.4, -0.2) is 48.4 Å². The predicted molar refractivity (Wildman–Crippen MR) is 134 cm³/mol. The molecule has 0 aliphatic heterocycles. The molecule has 1 atom stereocenters. The summed E-state index contributed by atoms with van der Waals surface area (Å²) in [5, 5.41) is 11.8. The molecule has 7 nitrogen and oxygen atoms in total. The van der Waals surface area contributed by atoms with Gasteiger partial charge in [0.25, 0.3) is 0 Å². The first-order chi connectivity index (χ1) is 14.1. The number of nitrogens with one attached hydrogen (secondary N) is 2. The molecule has 0 saturated carbocycles. The quantitative estimate of drug-likeness (QED) is 0.273. The third kappa shape index (κ3) is 6.60. The van der Waals surface area contributed by atoms with E-state index in [4.69, 9.17) is 11.6 Å². The summed E-state index contributed by atoms with van der Waals surface area (Å²) in [6.45, 7) is 1.20. The van der Waals surface area contributed by atoms with Crippen LogP contribution in [0.3, 0.4) is 0 Å². The van der Waals surface area contributed by atoms with Crippen LogP contribution in [-0.2, 0) is 6.54 Å². The number of benzene rings is 1. The Hall–Kier alpha value is -2.33. The van der Waals surface area contributed by atoms with E-state index in [1.807, 2.05) is 78.4 Å². The first kappa shape index (κ1) is 23.9. The summed E-state index contributed by atoms with van der Waals surface area (Å²) in [4.78, 5) is 10.9. The number of anilines is 1. The molecule has 1 aromatic carbocycles. The van der Waals surface area contributed by atoms with Gasteiger partial charge in [0.1, 0.15) is 5.82 Å². The molecule has 2 N–H and O–H groups in total. The Bertz CT molecular complexity index is 927. The Kier molecular flexibility index (Phi) is 9.38. The lowest BCUT2D eigenvalue weighted by molar-refractivity contribution is 0.510. The van der Waals surface area contributed by atoms with Gasteiger partial charge in [-0.05, 0) is 35.9 Å². The van der Waals surface area contributed by atoms with Crippen molar-refractivity contribution in [2.24, 2.45) is 4.99 Å². The zero-order chi connectivity index (χ0) is 20.6. The van der Waals surface area contributed by atoms with Crippen LogP contribution in [0.5, 0.6) is 0 Å². The normalized spacial score (nSPS) is 12.1. The number of guanidine groups is 1. The topological polar surface area (TPSA) is 70.4 Å². The Balaban J connectivity index is 0.00000320. The highest BCUT2D eigenvalue weighted by Gasteiger charge is 2.15. The van der Waals surface area contributed by atoms with Crippen molar-refractivity contribution in [2.45, 2.75) is 12.6 Å². The number of pyridine rings is 1. The summed E-state index contributed by atoms with van der Waals surface area (Å²) >= 11 is 6.05. The van der Waals surface area contributed by atoms with Gasteiger partial charge in [-0.2, -0.15) is 5.10 Å². The first-order valence-electron chi connectivity index (χ1n) is 9.39. The fraction of sp³-hybridized carbons (Fsp3) is 0.286. The Morgan fingerprint density at radius 2 is 1.90 bits per heavy atom. The van der Waals surface area contributed by atoms with Gasteiger partial charge in [-0.25, -0.2) is 4.98 Å². The predicted octanol–water partition coefficient (Wildman–Crippen LogP) is 3.57. The van der Waals surface area contributed by atoms with Crippen LogP contribution in [0.1, 0.15) is 17.3 Å². The summed E-state index contributed by atoms with van der Waals surface area (Å²) in [5.41, 5.74) is 2.06. The van der Waals surface area contributed by atoms with Crippen molar-refractivity contribution < 1.29 is 0 Å². The number of hydrogen-bond acceptors (Lipinski definition) is 4. The lowest BCUT2D eigenvalue weighted by Gasteiger charge is -2.21. The van der Waals surface area contributed by atoms with Gasteiger partial charge in [-0.15, -0.1) is 24.0 Å². The second kappa shape index (κ2) is 11.8. The molecule has 0 fully saturated rings. The number of aliphatic imine (C=N–C) groups is 1. The first-order valence-corrected chi connectivity index (χ1v) is 9.77. The highest BCUT2D eigenvalue weighted by Crippen LogP contribution is 2.19. The average molecular weight is 540 g/mol. The molecular formula is C21H27ClIN7. The minimum atomic E-state index is 0. The van der Waals surface area contributed by atoms with Crippen LogP contribution in [0.15, 0.2) is 65.9 Å². The van der Waals surface area contributed by atoms with Crippen LogP contribution in [0, 0.1) is 0 Å². The number of rotatable bonds is 7. The third-order valence-electron chi connectivity index (χ3n) is 4.47. The summed E-state index contributed by atoms with van der Waals surface area (Å²) < 4.78 is 1.92. The molecule has 9 heteroatoms. The molecule has 0 saturated heterocycles. The van der Waals surface area contributed by atoms with Crippen LogP contribution in [0.25, 0.3) is 0 Å². The van der Waals surface area contributed by atoms with E-state index in [2.05, 4.69) is 25.7 Å². The maximum Gasteiger partial charge on any atom is 0.191 e. The van der Waals surface area contributed by atoms with Crippen LogP contribution in [0.4, 0.5) is 5.82 Å². The number of nitrogens with zero attached hydrogens (tertiary/aromatic N) is 5. The van der Waals surface area contributed by atoms with Crippen LogP contribution >= 0.6 is 35.6 Å². The summed E-state index contributed by atoms with van der Waals surface area (Å²) in [6.07, 6.45) is 3.73. The summed E-state index contributed by atoms with van der Waals surface area (Å²) in [6, 6.07) is 15.7. The van der Waals surface area contributed by atoms with Gasteiger partial charge >= 0.3 is 0 Å². The molecule has 0 spiro atoms. The highest BCUT2D eigenvalue weighted by molar-refractivity contribution is 14.0. The molecule has 0 aliphatic rings. The lowest BCUT2D eigenvalue weighted by Crippen LogP contribution is -2.40. The van der Waals surface area contributed by atoms with E-state index >= 15 is 0 Å². The van der Waals surface area contributed by atoms with E-state index in [0.29, 0.717) is 24.1 Å². The fourth-order valence-electron chi connectivity index (χ4n) is 2.92. The molecule has 160 valence electrons. The minimum Gasteiger partial charge on any atom is -0.363 e. The van der Waals surface area contributed by atoms with Gasteiger partial charge in [-0.3, -0.25) is 9.67 Å². The van der Waals surface area contributed by atoms with E-state index < -0.39 is 0 Å². The minimum absolute atomic E-state index is 0. The van der Waals surface area contributed by atoms with E-state index in [1.165, 1.54) is 0 Å². The van der Waals surface area contributed by atoms with E-state index in [1.54, 1.807) is 13.2 Å². The van der Waals surface area contributed by atoms with E-state index in [-0.39, 0.29) is 30.0 Å². The zero-order valence-corrected chi connectivity index (χ0v) is 20.4. The van der Waals surface area contributed by atoms with Crippen LogP contribution < -0.4 is 15.5 Å². The molecule has 0 amide bonds. The molecule has 2 heterocycles. The standard InChI is InChI=1S/C21H26ClN7.HI/c1-23-21(24-14-18-6-4-7-20(27-18)28(2)3)25-15-19(29-13-5-12-26-29)16-8-10-17(22)11-9-16;/h4-13,19H,14-15H2,1-3H3,(H2,23,24,25);1H. The Morgan fingerprint density at radius 1 is 1.13 bits per heavy atom. The van der Waals surface area contributed by atoms with Crippen molar-refractivity contribution in [1.82, 2.24) is 25.4 Å². The van der Waals surface area contributed by atoms with Crippen LogP contribution in [0.2, 0.25) is 5.02 Å². The molecule has 3 aromatic rings. The zero-order valence-electron chi connectivity index (χ0n) is 17.3. The van der Waals surface area contributed by atoms with E-state index in [9.17, 15) is 0 Å². The van der Waals surface area contributed by atoms with Crippen molar-refractivity contribution in [3.05, 3.63) is 77.2 Å². The van der Waals surface area contributed by atoms with Gasteiger partial charge in [0.2, 0.25) is 0 Å². The molecule has 3 rings (SSSR count). The van der Waals surface area contributed by atoms with Gasteiger partial charge in [-0.1, -0.05) is 29.8 Å². The second-order valence-corrected chi connectivity index (χ2v) is 7.18.